The topological polar surface area (TPSA) is 64.9 Å². The van der Waals surface area contributed by atoms with E-state index in [4.69, 9.17) is 5.73 Å². The van der Waals surface area contributed by atoms with Crippen molar-refractivity contribution < 1.29 is 26.5 Å². The molecule has 1 rings (SSSR count). The smallest absolute Gasteiger partial charge is 0.332 e. The van der Waals surface area contributed by atoms with Gasteiger partial charge in [-0.05, 0) is 13.3 Å². The standard InChI is InChI=1S/C8H10F5N3O/c1-3-6(2,14)4-15-5(17-16-4)7(9,10)8(11,12)13/h3,14H2,1-2H3. The SMILES string of the molecule is CCC(C)(N)c1noc(C(F)(F)C(F)(F)F)n1. The summed E-state index contributed by atoms with van der Waals surface area (Å²) in [6.07, 6.45) is -5.53. The van der Waals surface area contributed by atoms with Crippen molar-refractivity contribution in [3.05, 3.63) is 11.7 Å². The first-order valence-corrected chi connectivity index (χ1v) is 4.60. The number of alkyl halides is 5. The van der Waals surface area contributed by atoms with Gasteiger partial charge in [-0.15, -0.1) is 0 Å². The number of hydrogen-bond acceptors (Lipinski definition) is 4. The highest BCUT2D eigenvalue weighted by Gasteiger charge is 2.63. The Kier molecular flexibility index (Phi) is 3.17. The Morgan fingerprint density at radius 3 is 2.18 bits per heavy atom. The van der Waals surface area contributed by atoms with Crippen molar-refractivity contribution in [2.75, 3.05) is 0 Å². The van der Waals surface area contributed by atoms with Gasteiger partial charge < -0.3 is 10.3 Å². The lowest BCUT2D eigenvalue weighted by Crippen LogP contribution is -2.35. The van der Waals surface area contributed by atoms with Crippen molar-refractivity contribution in [3.63, 3.8) is 0 Å². The molecule has 0 aliphatic heterocycles. The van der Waals surface area contributed by atoms with Crippen LogP contribution in [0, 0.1) is 0 Å². The number of hydrogen-bond donors (Lipinski definition) is 1. The largest absolute Gasteiger partial charge is 0.463 e. The second kappa shape index (κ2) is 3.90. The summed E-state index contributed by atoms with van der Waals surface area (Å²) in [5.74, 6) is -7.37. The van der Waals surface area contributed by atoms with Crippen LogP contribution in [-0.2, 0) is 11.5 Å². The summed E-state index contributed by atoms with van der Waals surface area (Å²) in [5.41, 5.74) is 4.37. The van der Waals surface area contributed by atoms with Gasteiger partial charge in [0, 0.05) is 0 Å². The lowest BCUT2D eigenvalue weighted by Gasteiger charge is -2.17. The minimum atomic E-state index is -5.78. The van der Waals surface area contributed by atoms with Gasteiger partial charge in [0.1, 0.15) is 0 Å². The number of aromatic nitrogens is 2. The maximum Gasteiger partial charge on any atom is 0.463 e. The third kappa shape index (κ3) is 2.38. The molecule has 0 aliphatic carbocycles. The molecule has 0 aliphatic rings. The molecule has 0 aromatic carbocycles. The van der Waals surface area contributed by atoms with Gasteiger partial charge in [0.25, 0.3) is 0 Å². The van der Waals surface area contributed by atoms with Gasteiger partial charge in [0.2, 0.25) is 0 Å². The molecule has 17 heavy (non-hydrogen) atoms. The Hall–Kier alpha value is -1.25. The number of nitrogens with two attached hydrogens (primary N) is 1. The molecule has 9 heteroatoms. The molecule has 0 fully saturated rings. The van der Waals surface area contributed by atoms with Crippen LogP contribution in [0.4, 0.5) is 22.0 Å². The highest BCUT2D eigenvalue weighted by Crippen LogP contribution is 2.43. The molecule has 0 saturated heterocycles. The van der Waals surface area contributed by atoms with E-state index in [0.717, 1.165) is 0 Å². The van der Waals surface area contributed by atoms with Crippen LogP contribution in [-0.4, -0.2) is 16.3 Å². The molecular formula is C8H10F5N3O. The molecular weight excluding hydrogens is 249 g/mol. The molecule has 0 radical (unpaired) electrons. The first-order chi connectivity index (χ1) is 7.52. The molecule has 98 valence electrons. The Balaban J connectivity index is 3.12. The van der Waals surface area contributed by atoms with E-state index >= 15 is 0 Å². The van der Waals surface area contributed by atoms with Crippen LogP contribution in [0.5, 0.6) is 0 Å². The molecule has 1 aromatic rings. The van der Waals surface area contributed by atoms with Crippen molar-refractivity contribution in [2.45, 2.75) is 37.9 Å². The summed E-state index contributed by atoms with van der Waals surface area (Å²) in [6.45, 7) is 3.01. The van der Waals surface area contributed by atoms with Gasteiger partial charge in [-0.25, -0.2) is 0 Å². The zero-order chi connectivity index (χ0) is 13.5. The van der Waals surface area contributed by atoms with E-state index in [1.807, 2.05) is 0 Å². The fraction of sp³-hybridized carbons (Fsp3) is 0.750. The molecule has 0 saturated carbocycles. The fourth-order valence-electron chi connectivity index (χ4n) is 0.862. The highest BCUT2D eigenvalue weighted by atomic mass is 19.4. The van der Waals surface area contributed by atoms with Crippen molar-refractivity contribution >= 4 is 0 Å². The van der Waals surface area contributed by atoms with Gasteiger partial charge in [-0.3, -0.25) is 0 Å². The maximum atomic E-state index is 12.8. The molecule has 0 amide bonds. The fourth-order valence-corrected chi connectivity index (χ4v) is 0.862. The predicted molar refractivity (Wildman–Crippen MR) is 46.1 cm³/mol. The summed E-state index contributed by atoms with van der Waals surface area (Å²) < 4.78 is 65.5. The van der Waals surface area contributed by atoms with Crippen LogP contribution in [0.3, 0.4) is 0 Å². The van der Waals surface area contributed by atoms with Gasteiger partial charge >= 0.3 is 18.0 Å². The molecule has 1 heterocycles. The Labute approximate surface area is 93.0 Å². The van der Waals surface area contributed by atoms with E-state index in [1.165, 1.54) is 6.92 Å². The van der Waals surface area contributed by atoms with Crippen molar-refractivity contribution in [2.24, 2.45) is 5.73 Å². The van der Waals surface area contributed by atoms with Gasteiger partial charge in [0.15, 0.2) is 5.82 Å². The van der Waals surface area contributed by atoms with Crippen LogP contribution >= 0.6 is 0 Å². The Morgan fingerprint density at radius 1 is 1.24 bits per heavy atom. The normalized spacial score (nSPS) is 16.9. The summed E-state index contributed by atoms with van der Waals surface area (Å²) in [6, 6.07) is 0. The Morgan fingerprint density at radius 2 is 1.76 bits per heavy atom. The van der Waals surface area contributed by atoms with Crippen LogP contribution in [0.25, 0.3) is 0 Å². The minimum absolute atomic E-state index is 0.254. The molecule has 4 nitrogen and oxygen atoms in total. The first kappa shape index (κ1) is 13.8. The summed E-state index contributed by atoms with van der Waals surface area (Å²) >= 11 is 0. The van der Waals surface area contributed by atoms with Crippen molar-refractivity contribution in [1.82, 2.24) is 10.1 Å². The number of nitrogens with zero attached hydrogens (tertiary/aromatic N) is 2. The van der Waals surface area contributed by atoms with E-state index in [2.05, 4.69) is 14.7 Å². The van der Waals surface area contributed by atoms with E-state index in [0.29, 0.717) is 0 Å². The van der Waals surface area contributed by atoms with Crippen LogP contribution in [0.2, 0.25) is 0 Å². The lowest BCUT2D eigenvalue weighted by molar-refractivity contribution is -0.298. The van der Waals surface area contributed by atoms with Crippen LogP contribution in [0.1, 0.15) is 32.0 Å². The highest BCUT2D eigenvalue weighted by molar-refractivity contribution is 5.05. The zero-order valence-electron chi connectivity index (χ0n) is 8.98. The molecule has 1 aromatic heterocycles. The lowest BCUT2D eigenvalue weighted by atomic mass is 10.0. The van der Waals surface area contributed by atoms with Gasteiger partial charge in [-0.1, -0.05) is 12.1 Å². The van der Waals surface area contributed by atoms with E-state index in [1.54, 1.807) is 6.92 Å². The number of halogens is 5. The van der Waals surface area contributed by atoms with Crippen LogP contribution < -0.4 is 5.73 Å². The van der Waals surface area contributed by atoms with E-state index in [-0.39, 0.29) is 12.2 Å². The van der Waals surface area contributed by atoms with Gasteiger partial charge in [0.05, 0.1) is 5.54 Å². The van der Waals surface area contributed by atoms with Crippen LogP contribution in [0.15, 0.2) is 4.52 Å². The maximum absolute atomic E-state index is 12.8. The summed E-state index contributed by atoms with van der Waals surface area (Å²) in [5, 5.41) is 3.05. The molecule has 0 spiro atoms. The minimum Gasteiger partial charge on any atom is -0.332 e. The third-order valence-corrected chi connectivity index (χ3v) is 2.30. The molecule has 2 N–H and O–H groups in total. The predicted octanol–water partition coefficient (Wildman–Crippen LogP) is 2.31. The molecule has 1 unspecified atom stereocenters. The quantitative estimate of drug-likeness (QED) is 0.846. The van der Waals surface area contributed by atoms with E-state index in [9.17, 15) is 22.0 Å². The van der Waals surface area contributed by atoms with Crippen molar-refractivity contribution in [1.29, 1.82) is 0 Å². The van der Waals surface area contributed by atoms with E-state index < -0.39 is 23.5 Å². The monoisotopic (exact) mass is 259 g/mol. The number of rotatable bonds is 3. The van der Waals surface area contributed by atoms with Crippen molar-refractivity contribution in [3.8, 4) is 0 Å². The van der Waals surface area contributed by atoms with Gasteiger partial charge in [-0.2, -0.15) is 26.9 Å². The average Bonchev–Trinajstić information content (AvgIpc) is 2.65. The zero-order valence-corrected chi connectivity index (χ0v) is 8.98. The Bertz CT molecular complexity index is 398. The molecule has 0 bridgehead atoms. The summed E-state index contributed by atoms with van der Waals surface area (Å²) in [7, 11) is 0. The average molecular weight is 259 g/mol. The first-order valence-electron chi connectivity index (χ1n) is 4.60. The second-order valence-corrected chi connectivity index (χ2v) is 3.77. The molecule has 1 atom stereocenters. The second-order valence-electron chi connectivity index (χ2n) is 3.77. The third-order valence-electron chi connectivity index (χ3n) is 2.30. The summed E-state index contributed by atoms with van der Waals surface area (Å²) in [4.78, 5) is 3.02.